The predicted molar refractivity (Wildman–Crippen MR) is 92.5 cm³/mol. The molecule has 0 spiro atoms. The summed E-state index contributed by atoms with van der Waals surface area (Å²) < 4.78 is 15.7. The standard InChI is InChI=1S/C19H13FN2O4/c20-13-8-14(11-3-1-2-4-12(11)17(13)22(25)26)21-18(23)15-9-5-6-10(7-9)16(15)19(21)24/h1-6,8-10,23-24H,7H2. The number of fused-ring (bicyclic) bond motifs is 6. The molecule has 0 fully saturated rings. The van der Waals surface area contributed by atoms with E-state index < -0.39 is 16.4 Å². The average molecular weight is 352 g/mol. The second kappa shape index (κ2) is 4.85. The first kappa shape index (κ1) is 14.9. The molecule has 6 nitrogen and oxygen atoms in total. The summed E-state index contributed by atoms with van der Waals surface area (Å²) in [5.74, 6) is -1.26. The Labute approximate surface area is 146 Å². The monoisotopic (exact) mass is 352 g/mol. The number of hydrogen-bond acceptors (Lipinski definition) is 4. The third-order valence-corrected chi connectivity index (χ3v) is 5.39. The summed E-state index contributed by atoms with van der Waals surface area (Å²) in [5, 5.41) is 33.3. The topological polar surface area (TPSA) is 88.5 Å². The average Bonchev–Trinajstić information content (AvgIpc) is 3.28. The van der Waals surface area contributed by atoms with Crippen LogP contribution in [0.5, 0.6) is 11.8 Å². The SMILES string of the molecule is O=[N+]([O-])c1c(F)cc(-n2c(O)c3c(c2O)C2C=CC3C2)c2ccccc12. The fraction of sp³-hybridized carbons (Fsp3) is 0.158. The number of nitro benzene ring substituents is 1. The normalized spacial score (nSPS) is 20.0. The molecule has 3 aromatic rings. The molecule has 2 bridgehead atoms. The van der Waals surface area contributed by atoms with E-state index in [-0.39, 0.29) is 34.7 Å². The summed E-state index contributed by atoms with van der Waals surface area (Å²) in [7, 11) is 0. The molecule has 0 aliphatic heterocycles. The maximum absolute atomic E-state index is 14.5. The van der Waals surface area contributed by atoms with Crippen LogP contribution in [0.2, 0.25) is 0 Å². The fourth-order valence-electron chi connectivity index (χ4n) is 4.35. The number of nitrogens with zero attached hydrogens (tertiary/aromatic N) is 2. The van der Waals surface area contributed by atoms with Gasteiger partial charge in [0.2, 0.25) is 17.6 Å². The molecule has 2 atom stereocenters. The Hall–Kier alpha value is -3.35. The quantitative estimate of drug-likeness (QED) is 0.410. The summed E-state index contributed by atoms with van der Waals surface area (Å²) in [6.07, 6.45) is 4.79. The van der Waals surface area contributed by atoms with Crippen molar-refractivity contribution in [3.8, 4) is 17.4 Å². The molecule has 0 saturated carbocycles. The van der Waals surface area contributed by atoms with Crippen molar-refractivity contribution in [2.24, 2.45) is 0 Å². The molecule has 130 valence electrons. The number of rotatable bonds is 2. The zero-order valence-corrected chi connectivity index (χ0v) is 13.4. The van der Waals surface area contributed by atoms with Gasteiger partial charge in [-0.25, -0.2) is 0 Å². The zero-order chi connectivity index (χ0) is 18.2. The molecule has 1 aromatic heterocycles. The lowest BCUT2D eigenvalue weighted by molar-refractivity contribution is -0.385. The molecule has 2 aliphatic rings. The first-order valence-electron chi connectivity index (χ1n) is 8.19. The second-order valence-corrected chi connectivity index (χ2v) is 6.67. The molecule has 0 saturated heterocycles. The van der Waals surface area contributed by atoms with Crippen LogP contribution in [0.15, 0.2) is 42.5 Å². The van der Waals surface area contributed by atoms with Gasteiger partial charge in [0.15, 0.2) is 0 Å². The molecule has 2 aromatic carbocycles. The van der Waals surface area contributed by atoms with E-state index >= 15 is 0 Å². The van der Waals surface area contributed by atoms with E-state index in [1.165, 1.54) is 10.6 Å². The Morgan fingerprint density at radius 2 is 1.65 bits per heavy atom. The van der Waals surface area contributed by atoms with Gasteiger partial charge in [-0.3, -0.25) is 14.7 Å². The van der Waals surface area contributed by atoms with Crippen molar-refractivity contribution in [3.05, 3.63) is 69.5 Å². The van der Waals surface area contributed by atoms with Crippen molar-refractivity contribution in [1.29, 1.82) is 0 Å². The highest BCUT2D eigenvalue weighted by molar-refractivity contribution is 5.97. The lowest BCUT2D eigenvalue weighted by Gasteiger charge is -2.13. The largest absolute Gasteiger partial charge is 0.494 e. The van der Waals surface area contributed by atoms with Crippen LogP contribution >= 0.6 is 0 Å². The Balaban J connectivity index is 1.86. The van der Waals surface area contributed by atoms with Gasteiger partial charge in [0.1, 0.15) is 0 Å². The maximum Gasteiger partial charge on any atom is 0.312 e. The van der Waals surface area contributed by atoms with Crippen molar-refractivity contribution in [2.75, 3.05) is 0 Å². The maximum atomic E-state index is 14.5. The van der Waals surface area contributed by atoms with Gasteiger partial charge in [-0.1, -0.05) is 30.4 Å². The molecule has 0 radical (unpaired) electrons. The molecule has 2 unspecified atom stereocenters. The number of nitro groups is 1. The van der Waals surface area contributed by atoms with Gasteiger partial charge >= 0.3 is 5.69 Å². The molecule has 5 rings (SSSR count). The third kappa shape index (κ3) is 1.69. The van der Waals surface area contributed by atoms with Crippen LogP contribution in [0.1, 0.15) is 29.4 Å². The van der Waals surface area contributed by atoms with E-state index in [2.05, 4.69) is 0 Å². The Morgan fingerprint density at radius 1 is 1.08 bits per heavy atom. The lowest BCUT2D eigenvalue weighted by atomic mass is 10.0. The van der Waals surface area contributed by atoms with Gasteiger partial charge in [0, 0.05) is 34.4 Å². The highest BCUT2D eigenvalue weighted by atomic mass is 19.1. The van der Waals surface area contributed by atoms with E-state index in [0.29, 0.717) is 16.5 Å². The Kier molecular flexibility index (Phi) is 2.79. The first-order chi connectivity index (χ1) is 12.5. The third-order valence-electron chi connectivity index (χ3n) is 5.39. The highest BCUT2D eigenvalue weighted by Gasteiger charge is 2.41. The van der Waals surface area contributed by atoms with Crippen LogP contribution < -0.4 is 0 Å². The van der Waals surface area contributed by atoms with E-state index in [4.69, 9.17) is 0 Å². The first-order valence-corrected chi connectivity index (χ1v) is 8.19. The molecular weight excluding hydrogens is 339 g/mol. The second-order valence-electron chi connectivity index (χ2n) is 6.67. The minimum atomic E-state index is -1.02. The number of aromatic hydroxyl groups is 2. The smallest absolute Gasteiger partial charge is 0.312 e. The van der Waals surface area contributed by atoms with Gasteiger partial charge in [-0.05, 0) is 12.5 Å². The zero-order valence-electron chi connectivity index (χ0n) is 13.4. The number of benzene rings is 2. The van der Waals surface area contributed by atoms with Gasteiger partial charge in [-0.2, -0.15) is 4.39 Å². The number of halogens is 1. The van der Waals surface area contributed by atoms with Crippen LogP contribution in [-0.2, 0) is 0 Å². The number of allylic oxidation sites excluding steroid dienone is 2. The molecule has 2 aliphatic carbocycles. The Morgan fingerprint density at radius 3 is 2.23 bits per heavy atom. The molecule has 7 heteroatoms. The van der Waals surface area contributed by atoms with E-state index in [0.717, 1.165) is 12.5 Å². The van der Waals surface area contributed by atoms with E-state index in [9.17, 15) is 24.7 Å². The minimum Gasteiger partial charge on any atom is -0.494 e. The molecular formula is C19H13FN2O4. The van der Waals surface area contributed by atoms with Crippen LogP contribution in [0, 0.1) is 15.9 Å². The number of hydrogen-bond donors (Lipinski definition) is 2. The van der Waals surface area contributed by atoms with Crippen molar-refractivity contribution >= 4 is 16.5 Å². The van der Waals surface area contributed by atoms with Crippen molar-refractivity contribution in [3.63, 3.8) is 0 Å². The van der Waals surface area contributed by atoms with Crippen LogP contribution in [0.3, 0.4) is 0 Å². The van der Waals surface area contributed by atoms with Gasteiger partial charge in [0.25, 0.3) is 0 Å². The summed E-state index contributed by atoms with van der Waals surface area (Å²) in [5.41, 5.74) is 0.855. The summed E-state index contributed by atoms with van der Waals surface area (Å²) in [4.78, 5) is 10.5. The van der Waals surface area contributed by atoms with Gasteiger partial charge < -0.3 is 10.2 Å². The summed E-state index contributed by atoms with van der Waals surface area (Å²) in [6.45, 7) is 0. The number of aromatic nitrogens is 1. The molecule has 2 N–H and O–H groups in total. The van der Waals surface area contributed by atoms with Crippen molar-refractivity contribution < 1.29 is 19.5 Å². The highest BCUT2D eigenvalue weighted by Crippen LogP contribution is 2.57. The summed E-state index contributed by atoms with van der Waals surface area (Å²) >= 11 is 0. The van der Waals surface area contributed by atoms with Gasteiger partial charge in [-0.15, -0.1) is 0 Å². The van der Waals surface area contributed by atoms with Crippen LogP contribution in [-0.4, -0.2) is 19.7 Å². The van der Waals surface area contributed by atoms with E-state index in [1.54, 1.807) is 18.2 Å². The molecule has 26 heavy (non-hydrogen) atoms. The fourth-order valence-corrected chi connectivity index (χ4v) is 4.35. The molecule has 0 amide bonds. The van der Waals surface area contributed by atoms with E-state index in [1.807, 2.05) is 12.2 Å². The van der Waals surface area contributed by atoms with Gasteiger partial charge in [0.05, 0.1) is 16.0 Å². The molecule has 1 heterocycles. The predicted octanol–water partition coefficient (Wildman–Crippen LogP) is 4.23. The van der Waals surface area contributed by atoms with Crippen molar-refractivity contribution in [1.82, 2.24) is 4.57 Å². The summed E-state index contributed by atoms with van der Waals surface area (Å²) in [6, 6.07) is 7.30. The minimum absolute atomic E-state index is 0.0244. The van der Waals surface area contributed by atoms with Crippen LogP contribution in [0.4, 0.5) is 10.1 Å². The lowest BCUT2D eigenvalue weighted by Crippen LogP contribution is -2.01. The van der Waals surface area contributed by atoms with Crippen molar-refractivity contribution in [2.45, 2.75) is 18.3 Å². The Bertz CT molecular complexity index is 1110. The van der Waals surface area contributed by atoms with Crippen LogP contribution in [0.25, 0.3) is 16.5 Å².